The van der Waals surface area contributed by atoms with E-state index in [1.165, 1.54) is 24.4 Å². The van der Waals surface area contributed by atoms with Crippen molar-refractivity contribution in [1.29, 1.82) is 0 Å². The monoisotopic (exact) mass is 510 g/mol. The van der Waals surface area contributed by atoms with Crippen LogP contribution in [0, 0.1) is 0 Å². The molecule has 34 heavy (non-hydrogen) atoms. The Bertz CT molecular complexity index is 1650. The Balaban J connectivity index is 1.49. The Morgan fingerprint density at radius 3 is 2.56 bits per heavy atom. The third-order valence-corrected chi connectivity index (χ3v) is 7.43. The topological polar surface area (TPSA) is 103 Å². The van der Waals surface area contributed by atoms with E-state index >= 15 is 0 Å². The van der Waals surface area contributed by atoms with E-state index in [0.717, 1.165) is 16.6 Å². The van der Waals surface area contributed by atoms with Gasteiger partial charge in [0.05, 0.1) is 51.1 Å². The van der Waals surface area contributed by atoms with Gasteiger partial charge in [0, 0.05) is 30.6 Å². The Morgan fingerprint density at radius 2 is 1.76 bits per heavy atom. The van der Waals surface area contributed by atoms with Crippen molar-refractivity contribution >= 4 is 49.9 Å². The van der Waals surface area contributed by atoms with Crippen LogP contribution >= 0.6 is 23.2 Å². The number of anilines is 1. The highest BCUT2D eigenvalue weighted by Crippen LogP contribution is 2.31. The molecule has 0 saturated heterocycles. The lowest BCUT2D eigenvalue weighted by Crippen LogP contribution is -2.13. The summed E-state index contributed by atoms with van der Waals surface area (Å²) < 4.78 is 29.9. The number of sulfonamides is 1. The minimum atomic E-state index is -3.97. The summed E-state index contributed by atoms with van der Waals surface area (Å²) in [6, 6.07) is 11.7. The number of fused-ring (bicyclic) bond motifs is 1. The number of rotatable bonds is 5. The molecule has 0 aliphatic heterocycles. The number of benzene rings is 2. The maximum absolute atomic E-state index is 12.9. The summed E-state index contributed by atoms with van der Waals surface area (Å²) >= 11 is 12.1. The third kappa shape index (κ3) is 4.33. The summed E-state index contributed by atoms with van der Waals surface area (Å²) in [4.78, 5) is 13.3. The highest BCUT2D eigenvalue weighted by Gasteiger charge is 2.20. The fraction of sp³-hybridized carbons (Fsp3) is 0.0435. The number of aromatic nitrogens is 5. The Kier molecular flexibility index (Phi) is 5.68. The summed E-state index contributed by atoms with van der Waals surface area (Å²) in [5.41, 5.74) is 4.78. The molecule has 0 aliphatic carbocycles. The second-order valence-corrected chi connectivity index (χ2v) is 9.92. The second-order valence-electron chi connectivity index (χ2n) is 7.48. The molecule has 0 spiro atoms. The maximum atomic E-state index is 12.9. The number of hydrogen-bond acceptors (Lipinski definition) is 6. The summed E-state index contributed by atoms with van der Waals surface area (Å²) in [6.45, 7) is 0. The van der Waals surface area contributed by atoms with Gasteiger partial charge in [-0.15, -0.1) is 0 Å². The Morgan fingerprint density at radius 1 is 0.912 bits per heavy atom. The first-order valence-electron chi connectivity index (χ1n) is 9.98. The van der Waals surface area contributed by atoms with E-state index in [-0.39, 0.29) is 20.6 Å². The Hall–Kier alpha value is -3.53. The van der Waals surface area contributed by atoms with Crippen LogP contribution in [0.4, 0.5) is 5.69 Å². The van der Waals surface area contributed by atoms with Crippen molar-refractivity contribution in [3.05, 3.63) is 83.5 Å². The highest BCUT2D eigenvalue weighted by molar-refractivity contribution is 7.92. The molecule has 0 unspecified atom stereocenters. The maximum Gasteiger partial charge on any atom is 0.263 e. The molecule has 0 radical (unpaired) electrons. The van der Waals surface area contributed by atoms with Gasteiger partial charge < -0.3 is 0 Å². The van der Waals surface area contributed by atoms with Gasteiger partial charge >= 0.3 is 0 Å². The molecule has 5 rings (SSSR count). The van der Waals surface area contributed by atoms with E-state index in [9.17, 15) is 8.42 Å². The van der Waals surface area contributed by atoms with Gasteiger partial charge in [-0.25, -0.2) is 13.4 Å². The number of hydrogen-bond donors (Lipinski definition) is 1. The largest absolute Gasteiger partial charge is 0.278 e. The van der Waals surface area contributed by atoms with Crippen LogP contribution in [0.2, 0.25) is 10.0 Å². The summed E-state index contributed by atoms with van der Waals surface area (Å²) in [7, 11) is -2.13. The van der Waals surface area contributed by atoms with E-state index in [4.69, 9.17) is 28.2 Å². The van der Waals surface area contributed by atoms with Gasteiger partial charge in [0.15, 0.2) is 0 Å². The zero-order valence-electron chi connectivity index (χ0n) is 17.6. The standard InChI is InChI=1S/C23H16Cl2N6O2S/c1-31-13-16(10-28-31)21-12-27-19-6-5-14(8-20(19)29-21)15-7-17(11-26-9-15)30-34(32,33)22-4-2-3-18(24)23(22)25/h2-13,30H,1H3. The van der Waals surface area contributed by atoms with Gasteiger partial charge in [0.25, 0.3) is 10.0 Å². The van der Waals surface area contributed by atoms with Gasteiger partial charge in [0.2, 0.25) is 0 Å². The number of nitrogens with one attached hydrogen (secondary N) is 1. The molecule has 0 bridgehead atoms. The quantitative estimate of drug-likeness (QED) is 0.348. The van der Waals surface area contributed by atoms with Crippen LogP contribution < -0.4 is 4.72 Å². The van der Waals surface area contributed by atoms with E-state index in [0.29, 0.717) is 16.8 Å². The lowest BCUT2D eigenvalue weighted by atomic mass is 10.1. The zero-order chi connectivity index (χ0) is 23.9. The molecule has 1 N–H and O–H groups in total. The van der Waals surface area contributed by atoms with Crippen molar-refractivity contribution in [2.75, 3.05) is 4.72 Å². The SMILES string of the molecule is Cn1cc(-c2cnc3ccc(-c4cncc(NS(=O)(=O)c5cccc(Cl)c5Cl)c4)cc3n2)cn1. The van der Waals surface area contributed by atoms with Crippen LogP contribution in [0.5, 0.6) is 0 Å². The summed E-state index contributed by atoms with van der Waals surface area (Å²) in [5, 5.41) is 4.29. The van der Waals surface area contributed by atoms with Crippen LogP contribution in [0.25, 0.3) is 33.4 Å². The third-order valence-electron chi connectivity index (χ3n) is 5.07. The molecule has 0 aliphatic rings. The van der Waals surface area contributed by atoms with Gasteiger partial charge in [0.1, 0.15) is 4.90 Å². The van der Waals surface area contributed by atoms with Crippen molar-refractivity contribution in [3.63, 3.8) is 0 Å². The predicted octanol–water partition coefficient (Wildman–Crippen LogP) is 5.20. The highest BCUT2D eigenvalue weighted by atomic mass is 35.5. The first-order chi connectivity index (χ1) is 16.3. The lowest BCUT2D eigenvalue weighted by molar-refractivity contribution is 0.601. The van der Waals surface area contributed by atoms with E-state index < -0.39 is 10.0 Å². The van der Waals surface area contributed by atoms with Crippen LogP contribution in [0.15, 0.2) is 78.3 Å². The van der Waals surface area contributed by atoms with Crippen LogP contribution in [-0.2, 0) is 17.1 Å². The Labute approximate surface area is 205 Å². The molecule has 0 fully saturated rings. The summed E-state index contributed by atoms with van der Waals surface area (Å²) in [6.07, 6.45) is 8.36. The second kappa shape index (κ2) is 8.68. The first-order valence-corrected chi connectivity index (χ1v) is 12.2. The van der Waals surface area contributed by atoms with Gasteiger partial charge in [-0.2, -0.15) is 5.10 Å². The number of pyridine rings is 1. The zero-order valence-corrected chi connectivity index (χ0v) is 20.0. The number of aryl methyl sites for hydroxylation is 1. The van der Waals surface area contributed by atoms with Crippen molar-refractivity contribution in [1.82, 2.24) is 24.7 Å². The molecular weight excluding hydrogens is 495 g/mol. The smallest absolute Gasteiger partial charge is 0.263 e. The molecule has 0 atom stereocenters. The molecule has 3 aromatic heterocycles. The van der Waals surface area contributed by atoms with Crippen LogP contribution in [0.3, 0.4) is 0 Å². The molecule has 170 valence electrons. The molecule has 2 aromatic carbocycles. The number of halogens is 2. The van der Waals surface area contributed by atoms with Gasteiger partial charge in [-0.05, 0) is 35.9 Å². The average molecular weight is 511 g/mol. The van der Waals surface area contributed by atoms with Crippen LogP contribution in [-0.4, -0.2) is 33.2 Å². The molecule has 0 amide bonds. The van der Waals surface area contributed by atoms with Gasteiger partial charge in [-0.3, -0.25) is 19.4 Å². The summed E-state index contributed by atoms with van der Waals surface area (Å²) in [5.74, 6) is 0. The van der Waals surface area contributed by atoms with Crippen molar-refractivity contribution in [3.8, 4) is 22.4 Å². The molecule has 3 heterocycles. The van der Waals surface area contributed by atoms with Crippen molar-refractivity contribution in [2.45, 2.75) is 4.90 Å². The van der Waals surface area contributed by atoms with Crippen molar-refractivity contribution < 1.29 is 8.42 Å². The minimum absolute atomic E-state index is 0.0432. The van der Waals surface area contributed by atoms with E-state index in [1.807, 2.05) is 31.4 Å². The predicted molar refractivity (Wildman–Crippen MR) is 132 cm³/mol. The molecule has 8 nitrogen and oxygen atoms in total. The van der Waals surface area contributed by atoms with Crippen molar-refractivity contribution in [2.24, 2.45) is 7.05 Å². The molecule has 5 aromatic rings. The van der Waals surface area contributed by atoms with Crippen LogP contribution in [0.1, 0.15) is 0 Å². The first kappa shape index (κ1) is 22.3. The molecule has 11 heteroatoms. The van der Waals surface area contributed by atoms with E-state index in [1.54, 1.807) is 29.3 Å². The number of nitrogens with zero attached hydrogens (tertiary/aromatic N) is 5. The average Bonchev–Trinajstić information content (AvgIpc) is 3.26. The van der Waals surface area contributed by atoms with E-state index in [2.05, 4.69) is 19.8 Å². The van der Waals surface area contributed by atoms with Gasteiger partial charge in [-0.1, -0.05) is 35.3 Å². The molecular formula is C23H16Cl2N6O2S. The fourth-order valence-electron chi connectivity index (χ4n) is 3.44. The normalized spacial score (nSPS) is 11.6. The lowest BCUT2D eigenvalue weighted by Gasteiger charge is -2.11. The molecule has 0 saturated carbocycles. The fourth-order valence-corrected chi connectivity index (χ4v) is 5.24. The minimum Gasteiger partial charge on any atom is -0.278 e.